The van der Waals surface area contributed by atoms with Crippen LogP contribution in [-0.2, 0) is 6.42 Å². The normalized spacial score (nSPS) is 12.8. The lowest BCUT2D eigenvalue weighted by molar-refractivity contribution is 0.596. The Kier molecular flexibility index (Phi) is 6.31. The molecule has 10 aromatic rings. The van der Waals surface area contributed by atoms with Crippen LogP contribution >= 0.6 is 0 Å². The molecule has 11 rings (SSSR count). The van der Waals surface area contributed by atoms with Crippen molar-refractivity contribution in [1.82, 2.24) is 15.0 Å². The molecule has 0 saturated heterocycles. The largest absolute Gasteiger partial charge is 0.456 e. The predicted molar refractivity (Wildman–Crippen MR) is 211 cm³/mol. The average Bonchev–Trinajstić information content (AvgIpc) is 3.80. The molecule has 3 aromatic heterocycles. The molecule has 0 atom stereocenters. The van der Waals surface area contributed by atoms with Crippen LogP contribution in [0.15, 0.2) is 154 Å². The highest BCUT2D eigenvalue weighted by Crippen LogP contribution is 2.45. The molecule has 0 aliphatic heterocycles. The molecule has 0 saturated carbocycles. The number of benzene rings is 7. The lowest BCUT2D eigenvalue weighted by atomic mass is 9.92. The number of aromatic nitrogens is 3. The Bertz CT molecular complexity index is 3080. The second-order valence-corrected chi connectivity index (χ2v) is 13.4. The Labute approximate surface area is 298 Å². The molecular formula is C47H29N3O2. The van der Waals surface area contributed by atoms with E-state index in [9.17, 15) is 0 Å². The van der Waals surface area contributed by atoms with E-state index in [-0.39, 0.29) is 0 Å². The number of fused-ring (bicyclic) bond motifs is 9. The van der Waals surface area contributed by atoms with Gasteiger partial charge in [0.2, 0.25) is 0 Å². The minimum atomic E-state index is 0.614. The highest BCUT2D eigenvalue weighted by Gasteiger charge is 2.25. The molecule has 52 heavy (non-hydrogen) atoms. The van der Waals surface area contributed by atoms with Gasteiger partial charge in [0, 0.05) is 44.0 Å². The monoisotopic (exact) mass is 667 g/mol. The summed E-state index contributed by atoms with van der Waals surface area (Å²) in [5, 5.41) is 7.96. The van der Waals surface area contributed by atoms with Gasteiger partial charge in [-0.05, 0) is 76.4 Å². The molecule has 244 valence electrons. The fourth-order valence-electron chi connectivity index (χ4n) is 7.96. The molecule has 0 spiro atoms. The molecule has 0 fully saturated rings. The predicted octanol–water partition coefficient (Wildman–Crippen LogP) is 12.5. The fourth-order valence-corrected chi connectivity index (χ4v) is 7.96. The van der Waals surface area contributed by atoms with E-state index in [0.29, 0.717) is 17.5 Å². The molecule has 3 heterocycles. The van der Waals surface area contributed by atoms with Crippen LogP contribution in [0.3, 0.4) is 0 Å². The fraction of sp³-hybridized carbons (Fsp3) is 0.0426. The summed E-state index contributed by atoms with van der Waals surface area (Å²) >= 11 is 0. The minimum Gasteiger partial charge on any atom is -0.456 e. The van der Waals surface area contributed by atoms with Crippen molar-refractivity contribution in [3.63, 3.8) is 0 Å². The summed E-state index contributed by atoms with van der Waals surface area (Å²) in [4.78, 5) is 15.5. The van der Waals surface area contributed by atoms with Gasteiger partial charge in [0.25, 0.3) is 0 Å². The molecule has 1 aliphatic rings. The summed E-state index contributed by atoms with van der Waals surface area (Å²) in [6.45, 7) is 0. The van der Waals surface area contributed by atoms with E-state index >= 15 is 0 Å². The average molecular weight is 668 g/mol. The van der Waals surface area contributed by atoms with E-state index in [1.54, 1.807) is 0 Å². The number of hydrogen-bond donors (Lipinski definition) is 0. The van der Waals surface area contributed by atoms with E-state index in [1.807, 2.05) is 36.4 Å². The summed E-state index contributed by atoms with van der Waals surface area (Å²) in [5.41, 5.74) is 8.60. The van der Waals surface area contributed by atoms with Crippen molar-refractivity contribution in [1.29, 1.82) is 0 Å². The zero-order chi connectivity index (χ0) is 34.2. The zero-order valence-electron chi connectivity index (χ0n) is 28.0. The van der Waals surface area contributed by atoms with E-state index in [0.717, 1.165) is 79.3 Å². The Balaban J connectivity index is 1.17. The number of furan rings is 2. The highest BCUT2D eigenvalue weighted by molar-refractivity contribution is 6.16. The molecule has 0 amide bonds. The van der Waals surface area contributed by atoms with Crippen LogP contribution in [0.5, 0.6) is 0 Å². The molecule has 5 heteroatoms. The van der Waals surface area contributed by atoms with E-state index in [2.05, 4.69) is 115 Å². The molecular weight excluding hydrogens is 639 g/mol. The van der Waals surface area contributed by atoms with Crippen LogP contribution < -0.4 is 0 Å². The number of aryl methyl sites for hydroxylation is 1. The zero-order valence-corrected chi connectivity index (χ0v) is 28.0. The van der Waals surface area contributed by atoms with E-state index in [1.165, 1.54) is 27.1 Å². The number of rotatable bonds is 4. The molecule has 0 bridgehead atoms. The minimum absolute atomic E-state index is 0.614. The van der Waals surface area contributed by atoms with Gasteiger partial charge in [0.1, 0.15) is 22.5 Å². The van der Waals surface area contributed by atoms with Crippen LogP contribution in [-0.4, -0.2) is 15.0 Å². The summed E-state index contributed by atoms with van der Waals surface area (Å²) in [6.07, 6.45) is 6.10. The van der Waals surface area contributed by atoms with Crippen molar-refractivity contribution in [2.45, 2.75) is 12.8 Å². The van der Waals surface area contributed by atoms with Gasteiger partial charge in [-0.2, -0.15) is 0 Å². The number of para-hydroxylation sites is 1. The maximum atomic E-state index is 6.81. The second kappa shape index (κ2) is 11.3. The van der Waals surface area contributed by atoms with E-state index < -0.39 is 0 Å². The summed E-state index contributed by atoms with van der Waals surface area (Å²) in [7, 11) is 0. The van der Waals surface area contributed by atoms with Crippen molar-refractivity contribution in [3.05, 3.63) is 157 Å². The first-order chi connectivity index (χ1) is 25.8. The molecule has 0 N–H and O–H groups in total. The van der Waals surface area contributed by atoms with Gasteiger partial charge in [-0.25, -0.2) is 15.0 Å². The first-order valence-corrected chi connectivity index (χ1v) is 17.7. The first kappa shape index (κ1) is 28.9. The number of nitrogens with zero attached hydrogens (tertiary/aromatic N) is 3. The summed E-state index contributed by atoms with van der Waals surface area (Å²) in [5.74, 6) is 2.76. The van der Waals surface area contributed by atoms with Crippen molar-refractivity contribution in [2.75, 3.05) is 0 Å². The van der Waals surface area contributed by atoms with Crippen molar-refractivity contribution in [3.8, 4) is 45.3 Å². The van der Waals surface area contributed by atoms with Gasteiger partial charge in [0.15, 0.2) is 17.5 Å². The molecule has 1 aliphatic carbocycles. The topological polar surface area (TPSA) is 65.0 Å². The molecule has 0 unspecified atom stereocenters. The van der Waals surface area contributed by atoms with Gasteiger partial charge >= 0.3 is 0 Å². The summed E-state index contributed by atoms with van der Waals surface area (Å²) in [6, 6.07) is 48.3. The third kappa shape index (κ3) is 4.46. The third-order valence-electron chi connectivity index (χ3n) is 10.4. The van der Waals surface area contributed by atoms with Crippen molar-refractivity contribution >= 4 is 60.5 Å². The maximum absolute atomic E-state index is 6.81. The first-order valence-electron chi connectivity index (χ1n) is 17.7. The lowest BCUT2D eigenvalue weighted by Gasteiger charge is -2.13. The van der Waals surface area contributed by atoms with Crippen LogP contribution in [0.1, 0.15) is 17.7 Å². The molecule has 7 aromatic carbocycles. The molecule has 0 radical (unpaired) electrons. The quantitative estimate of drug-likeness (QED) is 0.175. The van der Waals surface area contributed by atoms with Crippen LogP contribution in [0.25, 0.3) is 106 Å². The Morgan fingerprint density at radius 3 is 2.08 bits per heavy atom. The lowest BCUT2D eigenvalue weighted by Crippen LogP contribution is -2.01. The Morgan fingerprint density at radius 1 is 0.462 bits per heavy atom. The Hall–Kier alpha value is -6.85. The second-order valence-electron chi connectivity index (χ2n) is 13.4. The van der Waals surface area contributed by atoms with Gasteiger partial charge in [-0.3, -0.25) is 0 Å². The highest BCUT2D eigenvalue weighted by atomic mass is 16.3. The van der Waals surface area contributed by atoms with Gasteiger partial charge < -0.3 is 8.83 Å². The van der Waals surface area contributed by atoms with Gasteiger partial charge in [-0.1, -0.05) is 115 Å². The SMILES string of the molecule is C1=Cc2oc3c(-c4cccc5oc6ccccc6c45)ccc(-c4nc(-c5ccccc5)nc(-c5ccc6ccc7ccccc7c6c5)n4)c3c2CC1. The standard InChI is InChI=1S/C47H29N3O2/c1-2-12-30(13-3-1)45-48-46(31-24-23-29-22-21-28-11-4-5-14-32(28)38(29)27-31)50-47(49-45)37-26-25-34(44-43(37)36-16-7-9-19-40(36)52-44)33-17-10-20-41-42(33)35-15-6-8-18-39(35)51-41/h1-6,8-15,17-27H,7,16H2. The van der Waals surface area contributed by atoms with Gasteiger partial charge in [-0.15, -0.1) is 0 Å². The van der Waals surface area contributed by atoms with Crippen LogP contribution in [0, 0.1) is 0 Å². The van der Waals surface area contributed by atoms with Crippen LogP contribution in [0.2, 0.25) is 0 Å². The summed E-state index contributed by atoms with van der Waals surface area (Å²) < 4.78 is 13.1. The van der Waals surface area contributed by atoms with E-state index in [4.69, 9.17) is 23.8 Å². The van der Waals surface area contributed by atoms with Gasteiger partial charge in [0.05, 0.1) is 0 Å². The number of hydrogen-bond acceptors (Lipinski definition) is 5. The van der Waals surface area contributed by atoms with Crippen molar-refractivity contribution < 1.29 is 8.83 Å². The van der Waals surface area contributed by atoms with Crippen molar-refractivity contribution in [2.24, 2.45) is 0 Å². The Morgan fingerprint density at radius 2 is 1.17 bits per heavy atom. The maximum Gasteiger partial charge on any atom is 0.164 e. The number of allylic oxidation sites excluding steroid dienone is 1. The molecule has 5 nitrogen and oxygen atoms in total. The smallest absolute Gasteiger partial charge is 0.164 e. The van der Waals surface area contributed by atoms with Crippen LogP contribution in [0.4, 0.5) is 0 Å². The third-order valence-corrected chi connectivity index (χ3v) is 10.4.